The van der Waals surface area contributed by atoms with Gasteiger partial charge in [0.25, 0.3) is 5.91 Å². The Morgan fingerprint density at radius 2 is 1.78 bits per heavy atom. The summed E-state index contributed by atoms with van der Waals surface area (Å²) in [4.78, 5) is 12.3. The molecule has 0 aliphatic carbocycles. The van der Waals surface area contributed by atoms with Gasteiger partial charge in [-0.05, 0) is 42.8 Å². The van der Waals surface area contributed by atoms with E-state index in [1.807, 2.05) is 31.2 Å². The Labute approximate surface area is 144 Å². The molecule has 1 atom stereocenters. The second kappa shape index (κ2) is 7.14. The zero-order valence-corrected chi connectivity index (χ0v) is 15.1. The highest BCUT2D eigenvalue weighted by atomic mass is 79.9. The van der Waals surface area contributed by atoms with Crippen LogP contribution in [0, 0.1) is 0 Å². The van der Waals surface area contributed by atoms with Gasteiger partial charge in [-0.3, -0.25) is 9.52 Å². The van der Waals surface area contributed by atoms with E-state index < -0.39 is 10.0 Å². The molecule has 0 aliphatic heterocycles. The summed E-state index contributed by atoms with van der Waals surface area (Å²) in [6.45, 7) is 1.89. The maximum atomic E-state index is 12.3. The SMILES string of the molecule is CC(NC(=O)c1cccc(NS(C)(=O)=O)c1)c1ccc(Br)cc1. The van der Waals surface area contributed by atoms with Crippen LogP contribution in [0.1, 0.15) is 28.9 Å². The maximum absolute atomic E-state index is 12.3. The first-order valence-corrected chi connectivity index (χ1v) is 9.57. The molecular formula is C16H17BrN2O3S. The van der Waals surface area contributed by atoms with Gasteiger partial charge in [0, 0.05) is 15.7 Å². The molecule has 122 valence electrons. The summed E-state index contributed by atoms with van der Waals surface area (Å²) in [6.07, 6.45) is 1.06. The predicted octanol–water partition coefficient (Wildman–Crippen LogP) is 3.31. The summed E-state index contributed by atoms with van der Waals surface area (Å²) in [5.74, 6) is -0.266. The lowest BCUT2D eigenvalue weighted by molar-refractivity contribution is 0.0940. The standard InChI is InChI=1S/C16H17BrN2O3S/c1-11(12-6-8-14(17)9-7-12)18-16(20)13-4-3-5-15(10-13)19-23(2,21)22/h3-11,19H,1-2H3,(H,18,20). The number of hydrogen-bond donors (Lipinski definition) is 2. The van der Waals surface area contributed by atoms with Gasteiger partial charge >= 0.3 is 0 Å². The number of amides is 1. The Bertz CT molecular complexity index is 804. The molecule has 0 bridgehead atoms. The molecule has 2 N–H and O–H groups in total. The first-order valence-electron chi connectivity index (χ1n) is 6.89. The third kappa shape index (κ3) is 5.37. The van der Waals surface area contributed by atoms with Gasteiger partial charge in [0.05, 0.1) is 12.3 Å². The molecule has 0 heterocycles. The topological polar surface area (TPSA) is 75.3 Å². The van der Waals surface area contributed by atoms with Crippen molar-refractivity contribution in [3.8, 4) is 0 Å². The maximum Gasteiger partial charge on any atom is 0.251 e. The van der Waals surface area contributed by atoms with Gasteiger partial charge in [0.2, 0.25) is 10.0 Å². The number of nitrogens with one attached hydrogen (secondary N) is 2. The average Bonchev–Trinajstić information content (AvgIpc) is 2.46. The van der Waals surface area contributed by atoms with Crippen LogP contribution in [-0.4, -0.2) is 20.6 Å². The largest absolute Gasteiger partial charge is 0.346 e. The van der Waals surface area contributed by atoms with Crippen LogP contribution in [0.5, 0.6) is 0 Å². The molecule has 0 spiro atoms. The highest BCUT2D eigenvalue weighted by molar-refractivity contribution is 9.10. The molecule has 2 aromatic carbocycles. The number of sulfonamides is 1. The Balaban J connectivity index is 2.11. The van der Waals surface area contributed by atoms with E-state index in [0.717, 1.165) is 16.3 Å². The molecule has 0 fully saturated rings. The highest BCUT2D eigenvalue weighted by Crippen LogP contribution is 2.18. The minimum atomic E-state index is -3.38. The first kappa shape index (κ1) is 17.5. The fraction of sp³-hybridized carbons (Fsp3) is 0.188. The molecule has 0 saturated carbocycles. The minimum Gasteiger partial charge on any atom is -0.346 e. The molecule has 0 radical (unpaired) electrons. The lowest BCUT2D eigenvalue weighted by Gasteiger charge is -2.15. The summed E-state index contributed by atoms with van der Waals surface area (Å²) in [7, 11) is -3.38. The third-order valence-corrected chi connectivity index (χ3v) is 4.28. The van der Waals surface area contributed by atoms with Crippen molar-refractivity contribution in [1.82, 2.24) is 5.32 Å². The molecular weight excluding hydrogens is 380 g/mol. The van der Waals surface area contributed by atoms with E-state index in [0.29, 0.717) is 11.3 Å². The van der Waals surface area contributed by atoms with Gasteiger partial charge in [0.1, 0.15) is 0 Å². The lowest BCUT2D eigenvalue weighted by Crippen LogP contribution is -2.26. The first-order chi connectivity index (χ1) is 10.7. The summed E-state index contributed by atoms with van der Waals surface area (Å²) >= 11 is 3.37. The molecule has 1 unspecified atom stereocenters. The minimum absolute atomic E-state index is 0.165. The van der Waals surface area contributed by atoms with Gasteiger partial charge in [-0.25, -0.2) is 8.42 Å². The van der Waals surface area contributed by atoms with Crippen LogP contribution in [-0.2, 0) is 10.0 Å². The number of halogens is 1. The zero-order chi connectivity index (χ0) is 17.0. The van der Waals surface area contributed by atoms with Gasteiger partial charge < -0.3 is 5.32 Å². The van der Waals surface area contributed by atoms with Crippen LogP contribution < -0.4 is 10.0 Å². The molecule has 5 nitrogen and oxygen atoms in total. The van der Waals surface area contributed by atoms with Gasteiger partial charge in [-0.15, -0.1) is 0 Å². The molecule has 2 rings (SSSR count). The molecule has 0 aromatic heterocycles. The number of benzene rings is 2. The molecule has 2 aromatic rings. The van der Waals surface area contributed by atoms with Crippen molar-refractivity contribution in [1.29, 1.82) is 0 Å². The fourth-order valence-electron chi connectivity index (χ4n) is 2.05. The van der Waals surface area contributed by atoms with Crippen LogP contribution in [0.3, 0.4) is 0 Å². The van der Waals surface area contributed by atoms with Crippen molar-refractivity contribution in [3.63, 3.8) is 0 Å². The molecule has 0 aliphatic rings. The molecule has 7 heteroatoms. The quantitative estimate of drug-likeness (QED) is 0.813. The normalized spacial score (nSPS) is 12.5. The van der Waals surface area contributed by atoms with Gasteiger partial charge in [-0.2, -0.15) is 0 Å². The zero-order valence-electron chi connectivity index (χ0n) is 12.7. The van der Waals surface area contributed by atoms with Crippen molar-refractivity contribution in [2.24, 2.45) is 0 Å². The van der Waals surface area contributed by atoms with E-state index in [9.17, 15) is 13.2 Å². The van der Waals surface area contributed by atoms with Crippen LogP contribution >= 0.6 is 15.9 Å². The highest BCUT2D eigenvalue weighted by Gasteiger charge is 2.12. The second-order valence-electron chi connectivity index (χ2n) is 5.20. The van der Waals surface area contributed by atoms with Crippen LogP contribution in [0.2, 0.25) is 0 Å². The Morgan fingerprint density at radius 1 is 1.13 bits per heavy atom. The molecule has 0 saturated heterocycles. The van der Waals surface area contributed by atoms with Gasteiger partial charge in [-0.1, -0.05) is 34.1 Å². The number of hydrogen-bond acceptors (Lipinski definition) is 3. The van der Waals surface area contributed by atoms with E-state index in [1.54, 1.807) is 18.2 Å². The average molecular weight is 397 g/mol. The Kier molecular flexibility index (Phi) is 5.43. The summed E-state index contributed by atoms with van der Waals surface area (Å²) in [5.41, 5.74) is 1.73. The van der Waals surface area contributed by atoms with Crippen molar-refractivity contribution in [2.75, 3.05) is 11.0 Å². The number of anilines is 1. The summed E-state index contributed by atoms with van der Waals surface area (Å²) in [5, 5.41) is 2.89. The van der Waals surface area contributed by atoms with Crippen molar-refractivity contribution < 1.29 is 13.2 Å². The molecule has 1 amide bonds. The van der Waals surface area contributed by atoms with Gasteiger partial charge in [0.15, 0.2) is 0 Å². The van der Waals surface area contributed by atoms with E-state index in [2.05, 4.69) is 26.0 Å². The van der Waals surface area contributed by atoms with Crippen molar-refractivity contribution in [3.05, 3.63) is 64.1 Å². The monoisotopic (exact) mass is 396 g/mol. The van der Waals surface area contributed by atoms with Crippen molar-refractivity contribution in [2.45, 2.75) is 13.0 Å². The van der Waals surface area contributed by atoms with E-state index in [1.165, 1.54) is 6.07 Å². The smallest absolute Gasteiger partial charge is 0.251 e. The lowest BCUT2D eigenvalue weighted by atomic mass is 10.1. The number of carbonyl (C=O) groups excluding carboxylic acids is 1. The predicted molar refractivity (Wildman–Crippen MR) is 94.9 cm³/mol. The van der Waals surface area contributed by atoms with Crippen molar-refractivity contribution >= 4 is 37.5 Å². The van der Waals surface area contributed by atoms with Crippen LogP contribution in [0.15, 0.2) is 53.0 Å². The fourth-order valence-corrected chi connectivity index (χ4v) is 2.87. The van der Waals surface area contributed by atoms with Crippen LogP contribution in [0.4, 0.5) is 5.69 Å². The summed E-state index contributed by atoms with van der Waals surface area (Å²) < 4.78 is 25.8. The molecule has 23 heavy (non-hydrogen) atoms. The third-order valence-electron chi connectivity index (χ3n) is 3.15. The Hall–Kier alpha value is -1.86. The number of carbonyl (C=O) groups is 1. The number of rotatable bonds is 5. The second-order valence-corrected chi connectivity index (χ2v) is 7.87. The van der Waals surface area contributed by atoms with E-state index >= 15 is 0 Å². The van der Waals surface area contributed by atoms with E-state index in [-0.39, 0.29) is 11.9 Å². The Morgan fingerprint density at radius 3 is 2.39 bits per heavy atom. The van der Waals surface area contributed by atoms with Crippen LogP contribution in [0.25, 0.3) is 0 Å². The van der Waals surface area contributed by atoms with E-state index in [4.69, 9.17) is 0 Å². The summed E-state index contributed by atoms with van der Waals surface area (Å²) in [6, 6.07) is 13.9.